The maximum atomic E-state index is 12.1. The van der Waals surface area contributed by atoms with Crippen LogP contribution in [0.1, 0.15) is 17.5 Å². The molecule has 3 aromatic rings. The lowest BCUT2D eigenvalue weighted by Crippen LogP contribution is -2.14. The summed E-state index contributed by atoms with van der Waals surface area (Å²) < 4.78 is 1.39. The molecule has 3 rings (SSSR count). The van der Waals surface area contributed by atoms with Crippen molar-refractivity contribution in [3.63, 3.8) is 0 Å². The molecule has 0 bridgehead atoms. The Kier molecular flexibility index (Phi) is 6.10. The van der Waals surface area contributed by atoms with E-state index in [0.717, 1.165) is 4.90 Å². The lowest BCUT2D eigenvalue weighted by Gasteiger charge is -2.09. The van der Waals surface area contributed by atoms with E-state index in [1.54, 1.807) is 11.8 Å². The fourth-order valence-corrected chi connectivity index (χ4v) is 3.56. The molecule has 8 heteroatoms. The number of nitrogens with one attached hydrogen (secondary N) is 1. The second-order valence-corrected chi connectivity index (χ2v) is 7.53. The van der Waals surface area contributed by atoms with Crippen LogP contribution >= 0.6 is 11.8 Å². The number of hydrogen-bond acceptors (Lipinski definition) is 5. The van der Waals surface area contributed by atoms with Gasteiger partial charge >= 0.3 is 5.69 Å². The summed E-state index contributed by atoms with van der Waals surface area (Å²) in [7, 11) is 0. The number of rotatable bonds is 7. The molecule has 0 atom stereocenters. The van der Waals surface area contributed by atoms with Crippen molar-refractivity contribution in [1.29, 1.82) is 0 Å². The van der Waals surface area contributed by atoms with Crippen molar-refractivity contribution in [2.45, 2.75) is 36.6 Å². The number of carbonyl (C=O) groups excluding carboxylic acids is 1. The highest BCUT2D eigenvalue weighted by atomic mass is 32.2. The van der Waals surface area contributed by atoms with Crippen molar-refractivity contribution in [2.75, 3.05) is 5.32 Å². The number of benzene rings is 2. The van der Waals surface area contributed by atoms with Gasteiger partial charge in [-0.1, -0.05) is 23.9 Å². The van der Waals surface area contributed by atoms with Gasteiger partial charge < -0.3 is 5.32 Å². The zero-order chi connectivity index (χ0) is 20.1. The van der Waals surface area contributed by atoms with Crippen molar-refractivity contribution < 1.29 is 9.72 Å². The summed E-state index contributed by atoms with van der Waals surface area (Å²) in [5.41, 5.74) is 3.07. The molecule has 0 saturated heterocycles. The van der Waals surface area contributed by atoms with Gasteiger partial charge in [0.25, 0.3) is 0 Å². The highest BCUT2D eigenvalue weighted by molar-refractivity contribution is 7.99. The predicted molar refractivity (Wildman–Crippen MR) is 109 cm³/mol. The van der Waals surface area contributed by atoms with Crippen LogP contribution in [0.25, 0.3) is 0 Å². The van der Waals surface area contributed by atoms with Crippen LogP contribution < -0.4 is 5.32 Å². The predicted octanol–water partition coefficient (Wildman–Crippen LogP) is 4.59. The van der Waals surface area contributed by atoms with Gasteiger partial charge in [-0.3, -0.25) is 19.6 Å². The van der Waals surface area contributed by atoms with Crippen LogP contribution in [0.2, 0.25) is 0 Å². The molecule has 0 spiro atoms. The van der Waals surface area contributed by atoms with Crippen LogP contribution in [0.4, 0.5) is 11.4 Å². The number of hydrogen-bond donors (Lipinski definition) is 1. The number of carbonyl (C=O) groups is 1. The van der Waals surface area contributed by atoms with Crippen LogP contribution in [-0.2, 0) is 11.3 Å². The van der Waals surface area contributed by atoms with E-state index in [0.29, 0.717) is 5.69 Å². The first-order valence-electron chi connectivity index (χ1n) is 8.72. The summed E-state index contributed by atoms with van der Waals surface area (Å²) in [5.74, 6) is -0.173. The minimum absolute atomic E-state index is 0.0858. The van der Waals surface area contributed by atoms with Gasteiger partial charge in [0.1, 0.15) is 12.4 Å². The maximum Gasteiger partial charge on any atom is 0.306 e. The Balaban J connectivity index is 1.53. The molecule has 1 amide bonds. The van der Waals surface area contributed by atoms with Crippen LogP contribution in [0.3, 0.4) is 0 Å². The van der Waals surface area contributed by atoms with Gasteiger partial charge in [0.05, 0.1) is 4.92 Å². The van der Waals surface area contributed by atoms with Crippen molar-refractivity contribution in [3.8, 4) is 0 Å². The SMILES string of the molecule is Cc1ccc(C)c(Sc2ccc(NC(=O)CCn3cc([N+](=O)[O-])cn3)cc2)c1. The topological polar surface area (TPSA) is 90.1 Å². The van der Waals surface area contributed by atoms with Crippen molar-refractivity contribution in [2.24, 2.45) is 0 Å². The highest BCUT2D eigenvalue weighted by Gasteiger charge is 2.10. The molecular weight excluding hydrogens is 376 g/mol. The number of aryl methyl sites for hydroxylation is 3. The maximum absolute atomic E-state index is 12.1. The summed E-state index contributed by atoms with van der Waals surface area (Å²) in [6.07, 6.45) is 2.66. The van der Waals surface area contributed by atoms with E-state index in [9.17, 15) is 14.9 Å². The fraction of sp³-hybridized carbons (Fsp3) is 0.200. The van der Waals surface area contributed by atoms with Gasteiger partial charge in [0.15, 0.2) is 0 Å². The molecule has 0 fully saturated rings. The Morgan fingerprint density at radius 3 is 2.64 bits per heavy atom. The van der Waals surface area contributed by atoms with Crippen LogP contribution in [0.5, 0.6) is 0 Å². The normalized spacial score (nSPS) is 10.6. The van der Waals surface area contributed by atoms with Gasteiger partial charge in [0.2, 0.25) is 5.91 Å². The lowest BCUT2D eigenvalue weighted by atomic mass is 10.2. The van der Waals surface area contributed by atoms with Gasteiger partial charge in [-0.25, -0.2) is 0 Å². The van der Waals surface area contributed by atoms with Gasteiger partial charge in [0, 0.05) is 28.4 Å². The molecular formula is C20H20N4O3S. The molecule has 2 aromatic carbocycles. The second kappa shape index (κ2) is 8.71. The third kappa shape index (κ3) is 5.20. The van der Waals surface area contributed by atoms with E-state index < -0.39 is 4.92 Å². The first kappa shape index (κ1) is 19.6. The zero-order valence-electron chi connectivity index (χ0n) is 15.6. The zero-order valence-corrected chi connectivity index (χ0v) is 16.4. The molecule has 28 heavy (non-hydrogen) atoms. The molecule has 0 saturated carbocycles. The Hall–Kier alpha value is -3.13. The van der Waals surface area contributed by atoms with Crippen LogP contribution in [-0.4, -0.2) is 20.6 Å². The summed E-state index contributed by atoms with van der Waals surface area (Å²) in [5, 5.41) is 17.3. The monoisotopic (exact) mass is 396 g/mol. The van der Waals surface area contributed by atoms with E-state index in [1.165, 1.54) is 33.1 Å². The van der Waals surface area contributed by atoms with E-state index >= 15 is 0 Å². The van der Waals surface area contributed by atoms with E-state index in [4.69, 9.17) is 0 Å². The Bertz CT molecular complexity index is 999. The molecule has 1 aromatic heterocycles. The van der Waals surface area contributed by atoms with Gasteiger partial charge in [-0.15, -0.1) is 0 Å². The minimum atomic E-state index is -0.513. The summed E-state index contributed by atoms with van der Waals surface area (Å²) >= 11 is 1.69. The van der Waals surface area contributed by atoms with E-state index in [2.05, 4.69) is 42.5 Å². The Morgan fingerprint density at radius 1 is 1.21 bits per heavy atom. The van der Waals surface area contributed by atoms with E-state index in [1.807, 2.05) is 24.3 Å². The lowest BCUT2D eigenvalue weighted by molar-refractivity contribution is -0.385. The number of aromatic nitrogens is 2. The highest BCUT2D eigenvalue weighted by Crippen LogP contribution is 2.31. The van der Waals surface area contributed by atoms with Crippen LogP contribution in [0.15, 0.2) is 64.6 Å². The number of amides is 1. The number of anilines is 1. The van der Waals surface area contributed by atoms with Crippen molar-refractivity contribution in [3.05, 3.63) is 76.1 Å². The molecule has 1 N–H and O–H groups in total. The first-order chi connectivity index (χ1) is 13.4. The molecule has 1 heterocycles. The van der Waals surface area contributed by atoms with Crippen molar-refractivity contribution >= 4 is 29.0 Å². The molecule has 144 valence electrons. The van der Waals surface area contributed by atoms with Gasteiger partial charge in [-0.05, 0) is 55.3 Å². The largest absolute Gasteiger partial charge is 0.326 e. The third-order valence-electron chi connectivity index (χ3n) is 4.11. The summed E-state index contributed by atoms with van der Waals surface area (Å²) in [6, 6.07) is 14.0. The Labute approximate surface area is 166 Å². The standard InChI is InChI=1S/C20H20N4O3S/c1-14-3-4-15(2)19(11-14)28-18-7-5-16(6-8-18)22-20(25)9-10-23-13-17(12-21-23)24(26)27/h3-8,11-13H,9-10H2,1-2H3,(H,22,25). The first-order valence-corrected chi connectivity index (χ1v) is 9.54. The molecule has 0 aliphatic heterocycles. The smallest absolute Gasteiger partial charge is 0.306 e. The van der Waals surface area contributed by atoms with Crippen molar-refractivity contribution in [1.82, 2.24) is 9.78 Å². The van der Waals surface area contributed by atoms with E-state index in [-0.39, 0.29) is 24.6 Å². The number of nitrogens with zero attached hydrogens (tertiary/aromatic N) is 3. The average Bonchev–Trinajstić information content (AvgIpc) is 3.14. The third-order valence-corrected chi connectivity index (χ3v) is 5.28. The molecule has 0 aliphatic carbocycles. The summed E-state index contributed by atoms with van der Waals surface area (Å²) in [4.78, 5) is 24.5. The fourth-order valence-electron chi connectivity index (χ4n) is 2.56. The molecule has 0 radical (unpaired) electrons. The quantitative estimate of drug-likeness (QED) is 0.466. The molecule has 0 unspecified atom stereocenters. The summed E-state index contributed by atoms with van der Waals surface area (Å²) in [6.45, 7) is 4.44. The molecule has 0 aliphatic rings. The van der Waals surface area contributed by atoms with Gasteiger partial charge in [-0.2, -0.15) is 5.10 Å². The molecule has 7 nitrogen and oxygen atoms in total. The van der Waals surface area contributed by atoms with Crippen LogP contribution in [0, 0.1) is 24.0 Å². The Morgan fingerprint density at radius 2 is 1.96 bits per heavy atom. The number of nitro groups is 1. The average molecular weight is 396 g/mol. The minimum Gasteiger partial charge on any atom is -0.326 e. The second-order valence-electron chi connectivity index (χ2n) is 6.41.